The number of piperidine rings is 3. The maximum Gasteiger partial charge on any atom is 0.261 e. The Bertz CT molecular complexity index is 452. The van der Waals surface area contributed by atoms with Gasteiger partial charge in [-0.2, -0.15) is 0 Å². The van der Waals surface area contributed by atoms with Crippen molar-refractivity contribution in [2.24, 2.45) is 5.92 Å². The lowest BCUT2D eigenvalue weighted by Gasteiger charge is -2.49. The molecule has 1 amide bonds. The summed E-state index contributed by atoms with van der Waals surface area (Å²) in [6, 6.07) is 4.61. The third-order valence-corrected chi connectivity index (χ3v) is 5.89. The molecular weight excluding hydrogens is 313 g/mol. The first-order valence-electron chi connectivity index (χ1n) is 6.45. The Morgan fingerprint density at radius 3 is 2.72 bits per heavy atom. The molecule has 0 aromatic carbocycles. The number of fused-ring (bicyclic) bond motifs is 3. The Morgan fingerprint density at radius 2 is 2.17 bits per heavy atom. The molecule has 2 bridgehead atoms. The number of nitrogens with one attached hydrogen (secondary N) is 1. The van der Waals surface area contributed by atoms with Crippen LogP contribution in [-0.2, 0) is 0 Å². The van der Waals surface area contributed by atoms with Gasteiger partial charge >= 0.3 is 0 Å². The molecule has 1 N–H and O–H groups in total. The highest BCUT2D eigenvalue weighted by atomic mass is 79.9. The van der Waals surface area contributed by atoms with E-state index in [0.29, 0.717) is 18.0 Å². The second kappa shape index (κ2) is 4.94. The molecule has 3 fully saturated rings. The van der Waals surface area contributed by atoms with Crippen LogP contribution in [0.1, 0.15) is 29.4 Å². The zero-order valence-corrected chi connectivity index (χ0v) is 12.8. The van der Waals surface area contributed by atoms with Crippen LogP contribution in [0.2, 0.25) is 0 Å². The van der Waals surface area contributed by atoms with E-state index in [4.69, 9.17) is 0 Å². The largest absolute Gasteiger partial charge is 0.347 e. The maximum absolute atomic E-state index is 12.2. The lowest BCUT2D eigenvalue weighted by molar-refractivity contribution is 0.0218. The van der Waals surface area contributed by atoms with Crippen molar-refractivity contribution in [2.45, 2.75) is 31.8 Å². The Balaban J connectivity index is 1.71. The molecule has 4 rings (SSSR count). The van der Waals surface area contributed by atoms with Gasteiger partial charge in [0, 0.05) is 12.1 Å². The first-order chi connectivity index (χ1) is 8.65. The second-order valence-electron chi connectivity index (χ2n) is 5.22. The average Bonchev–Trinajstić information content (AvgIpc) is 2.81. The van der Waals surface area contributed by atoms with E-state index < -0.39 is 0 Å². The summed E-state index contributed by atoms with van der Waals surface area (Å²) in [7, 11) is 0. The van der Waals surface area contributed by atoms with Gasteiger partial charge in [-0.25, -0.2) is 0 Å². The number of carbonyl (C=O) groups excluding carboxylic acids is 1. The molecule has 1 aromatic heterocycles. The lowest BCUT2D eigenvalue weighted by Crippen LogP contribution is -2.62. The quantitative estimate of drug-likeness (QED) is 0.904. The summed E-state index contributed by atoms with van der Waals surface area (Å²) in [6.07, 6.45) is 2.45. The molecule has 1 aromatic rings. The predicted molar refractivity (Wildman–Crippen MR) is 77.0 cm³/mol. The van der Waals surface area contributed by atoms with Crippen molar-refractivity contribution in [3.63, 3.8) is 0 Å². The van der Waals surface area contributed by atoms with E-state index in [1.165, 1.54) is 37.3 Å². The monoisotopic (exact) mass is 329 g/mol. The van der Waals surface area contributed by atoms with Crippen molar-refractivity contribution in [3.05, 3.63) is 20.8 Å². The summed E-state index contributed by atoms with van der Waals surface area (Å²) in [5.41, 5.74) is 0. The van der Waals surface area contributed by atoms with Crippen molar-refractivity contribution in [2.75, 3.05) is 13.1 Å². The average molecular weight is 330 g/mol. The number of nitrogens with zero attached hydrogens (tertiary/aromatic N) is 1. The summed E-state index contributed by atoms with van der Waals surface area (Å²) in [6.45, 7) is 4.63. The first kappa shape index (κ1) is 12.6. The number of amides is 1. The molecule has 2 atom stereocenters. The molecule has 0 spiro atoms. The summed E-state index contributed by atoms with van der Waals surface area (Å²) in [4.78, 5) is 15.5. The van der Waals surface area contributed by atoms with E-state index in [-0.39, 0.29) is 5.91 Å². The molecule has 3 saturated heterocycles. The van der Waals surface area contributed by atoms with Crippen LogP contribution in [0.5, 0.6) is 0 Å². The summed E-state index contributed by atoms with van der Waals surface area (Å²) in [5.74, 6) is 0.744. The van der Waals surface area contributed by atoms with Gasteiger partial charge in [0.15, 0.2) is 0 Å². The second-order valence-corrected chi connectivity index (χ2v) is 7.68. The Kier molecular flexibility index (Phi) is 3.47. The Hall–Kier alpha value is -0.390. The number of thiophene rings is 1. The van der Waals surface area contributed by atoms with Gasteiger partial charge < -0.3 is 5.32 Å². The molecule has 3 aliphatic heterocycles. The van der Waals surface area contributed by atoms with E-state index >= 15 is 0 Å². The Morgan fingerprint density at radius 1 is 1.44 bits per heavy atom. The molecule has 0 aliphatic carbocycles. The van der Waals surface area contributed by atoms with Crippen LogP contribution in [0.3, 0.4) is 0 Å². The number of halogens is 1. The topological polar surface area (TPSA) is 32.3 Å². The van der Waals surface area contributed by atoms with E-state index in [2.05, 4.69) is 33.1 Å². The molecule has 3 aliphatic rings. The molecule has 5 heteroatoms. The molecule has 98 valence electrons. The van der Waals surface area contributed by atoms with Gasteiger partial charge in [0.05, 0.1) is 8.66 Å². The molecule has 0 radical (unpaired) electrons. The molecule has 0 unspecified atom stereocenters. The highest BCUT2D eigenvalue weighted by Gasteiger charge is 2.40. The van der Waals surface area contributed by atoms with Gasteiger partial charge in [0.25, 0.3) is 5.91 Å². The standard InChI is InChI=1S/C13H17BrN2OS/c1-8-12(9-4-6-16(8)7-5-9)15-13(17)10-2-3-11(14)18-10/h2-3,8-9,12H,4-7H2,1H3,(H,15,17)/t8-,12-/m0/s1/i10+1. The third kappa shape index (κ3) is 2.24. The van der Waals surface area contributed by atoms with E-state index in [1.54, 1.807) is 0 Å². The fraction of sp³-hybridized carbons (Fsp3) is 0.615. The van der Waals surface area contributed by atoms with Gasteiger partial charge in [0.1, 0.15) is 0 Å². The van der Waals surface area contributed by atoms with Crippen molar-refractivity contribution in [1.82, 2.24) is 10.2 Å². The van der Waals surface area contributed by atoms with E-state index in [9.17, 15) is 4.79 Å². The van der Waals surface area contributed by atoms with Crippen LogP contribution in [-0.4, -0.2) is 36.0 Å². The van der Waals surface area contributed by atoms with Crippen LogP contribution in [0.25, 0.3) is 0 Å². The minimum Gasteiger partial charge on any atom is -0.347 e. The Labute approximate surface area is 120 Å². The maximum atomic E-state index is 12.2. The molecule has 3 nitrogen and oxygen atoms in total. The molecular formula is C13H17BrN2OS. The third-order valence-electron chi connectivity index (χ3n) is 4.27. The minimum atomic E-state index is 0.0799. The van der Waals surface area contributed by atoms with Crippen LogP contribution >= 0.6 is 27.3 Å². The highest BCUT2D eigenvalue weighted by Crippen LogP contribution is 2.32. The summed E-state index contributed by atoms with van der Waals surface area (Å²) < 4.78 is 1.01. The first-order valence-corrected chi connectivity index (χ1v) is 8.06. The smallest absolute Gasteiger partial charge is 0.261 e. The summed E-state index contributed by atoms with van der Waals surface area (Å²) in [5, 5.41) is 3.24. The van der Waals surface area contributed by atoms with Crippen molar-refractivity contribution >= 4 is 33.2 Å². The zero-order valence-electron chi connectivity index (χ0n) is 10.4. The fourth-order valence-corrected chi connectivity index (χ4v) is 4.49. The fourth-order valence-electron chi connectivity index (χ4n) is 3.20. The van der Waals surface area contributed by atoms with E-state index in [1.807, 2.05) is 12.1 Å². The van der Waals surface area contributed by atoms with Gasteiger partial charge in [0.2, 0.25) is 0 Å². The van der Waals surface area contributed by atoms with Gasteiger partial charge in [-0.1, -0.05) is 0 Å². The number of hydrogen-bond donors (Lipinski definition) is 1. The molecule has 18 heavy (non-hydrogen) atoms. The zero-order chi connectivity index (χ0) is 12.7. The highest BCUT2D eigenvalue weighted by molar-refractivity contribution is 9.11. The van der Waals surface area contributed by atoms with Crippen LogP contribution in [0.15, 0.2) is 15.9 Å². The van der Waals surface area contributed by atoms with Crippen LogP contribution in [0, 0.1) is 5.92 Å². The van der Waals surface area contributed by atoms with Gasteiger partial charge in [-0.05, 0) is 66.8 Å². The van der Waals surface area contributed by atoms with Crippen LogP contribution < -0.4 is 5.32 Å². The number of hydrogen-bond acceptors (Lipinski definition) is 3. The van der Waals surface area contributed by atoms with Crippen molar-refractivity contribution in [3.8, 4) is 0 Å². The number of rotatable bonds is 2. The normalized spacial score (nSPS) is 34.6. The number of carbonyl (C=O) groups is 1. The van der Waals surface area contributed by atoms with Gasteiger partial charge in [-0.15, -0.1) is 11.3 Å². The van der Waals surface area contributed by atoms with Crippen LogP contribution in [0.4, 0.5) is 0 Å². The van der Waals surface area contributed by atoms with Gasteiger partial charge in [-0.3, -0.25) is 9.69 Å². The predicted octanol–water partition coefficient (Wildman–Crippen LogP) is 2.72. The lowest BCUT2D eigenvalue weighted by atomic mass is 9.79. The molecule has 0 saturated carbocycles. The van der Waals surface area contributed by atoms with Crippen molar-refractivity contribution in [1.29, 1.82) is 0 Å². The van der Waals surface area contributed by atoms with E-state index in [0.717, 1.165) is 8.66 Å². The minimum absolute atomic E-state index is 0.0799. The van der Waals surface area contributed by atoms with Crippen molar-refractivity contribution < 1.29 is 4.79 Å². The summed E-state index contributed by atoms with van der Waals surface area (Å²) >= 11 is 4.90. The SMILES string of the molecule is C[C@H]1[C@H](NC(=O)[13c]2ccc(Br)s2)C2CCN1CC2. The molecule has 4 heterocycles.